The minimum Gasteiger partial charge on any atom is -0.465 e. The van der Waals surface area contributed by atoms with Crippen molar-refractivity contribution in [1.82, 2.24) is 15.0 Å². The fourth-order valence-corrected chi connectivity index (χ4v) is 2.64. The largest absolute Gasteiger partial charge is 0.573 e. The van der Waals surface area contributed by atoms with Gasteiger partial charge < -0.3 is 9.47 Å². The van der Waals surface area contributed by atoms with E-state index in [1.54, 1.807) is 6.07 Å². The molecule has 0 aliphatic heterocycles. The summed E-state index contributed by atoms with van der Waals surface area (Å²) in [5.74, 6) is -0.929. The van der Waals surface area contributed by atoms with Crippen LogP contribution in [-0.2, 0) is 11.3 Å². The number of halogens is 4. The number of fused-ring (bicyclic) bond motifs is 1. The van der Waals surface area contributed by atoms with E-state index in [1.807, 2.05) is 0 Å². The van der Waals surface area contributed by atoms with Crippen molar-refractivity contribution in [3.8, 4) is 5.75 Å². The molecule has 26 heavy (non-hydrogen) atoms. The summed E-state index contributed by atoms with van der Waals surface area (Å²) in [7, 11) is 1.24. The first kappa shape index (κ1) is 18.0. The summed E-state index contributed by atoms with van der Waals surface area (Å²) in [5, 5.41) is 8.25. The normalized spacial score (nSPS) is 11.6. The maximum atomic E-state index is 12.2. The van der Waals surface area contributed by atoms with Gasteiger partial charge in [-0.15, -0.1) is 18.3 Å². The number of aromatic nitrogens is 3. The molecule has 136 valence electrons. The first-order valence-corrected chi connectivity index (χ1v) is 7.60. The van der Waals surface area contributed by atoms with Crippen molar-refractivity contribution in [2.75, 3.05) is 7.11 Å². The molecule has 2 aromatic carbocycles. The lowest BCUT2D eigenvalue weighted by molar-refractivity contribution is -0.274. The first-order valence-electron chi connectivity index (χ1n) is 7.22. The topological polar surface area (TPSA) is 66.2 Å². The molecule has 0 aliphatic carbocycles. The Bertz CT molecular complexity index is 955. The summed E-state index contributed by atoms with van der Waals surface area (Å²) < 4.78 is 46.6. The van der Waals surface area contributed by atoms with Crippen LogP contribution in [0.25, 0.3) is 11.0 Å². The smallest absolute Gasteiger partial charge is 0.465 e. The molecule has 0 spiro atoms. The molecule has 3 rings (SSSR count). The van der Waals surface area contributed by atoms with Gasteiger partial charge >= 0.3 is 12.3 Å². The molecule has 0 bridgehead atoms. The van der Waals surface area contributed by atoms with E-state index in [-0.39, 0.29) is 17.9 Å². The van der Waals surface area contributed by atoms with Gasteiger partial charge in [0.25, 0.3) is 0 Å². The van der Waals surface area contributed by atoms with Crippen molar-refractivity contribution < 1.29 is 27.4 Å². The van der Waals surface area contributed by atoms with Gasteiger partial charge in [0.15, 0.2) is 0 Å². The van der Waals surface area contributed by atoms with Gasteiger partial charge in [-0.25, -0.2) is 9.48 Å². The Morgan fingerprint density at radius 3 is 2.54 bits per heavy atom. The highest BCUT2D eigenvalue weighted by Gasteiger charge is 2.31. The standard InChI is InChI=1S/C16H11ClF3N3O3/c1-25-15(24)12-6-10(17)7-13-14(12)23(22-21-13)8-9-2-4-11(5-3-9)26-16(18,19)20/h2-7H,8H2,1H3. The van der Waals surface area contributed by atoms with E-state index in [1.165, 1.54) is 42.1 Å². The second kappa shape index (κ2) is 6.83. The minimum atomic E-state index is -4.75. The molecular formula is C16H11ClF3N3O3. The predicted molar refractivity (Wildman–Crippen MR) is 86.1 cm³/mol. The molecule has 0 aliphatic rings. The van der Waals surface area contributed by atoms with Crippen LogP contribution in [0.5, 0.6) is 5.75 Å². The number of alkyl halides is 3. The fourth-order valence-electron chi connectivity index (χ4n) is 2.42. The Hall–Kier alpha value is -2.81. The zero-order valence-corrected chi connectivity index (χ0v) is 14.0. The summed E-state index contributed by atoms with van der Waals surface area (Å²) in [6.45, 7) is 0.175. The average Bonchev–Trinajstić information content (AvgIpc) is 2.96. The molecule has 3 aromatic rings. The van der Waals surface area contributed by atoms with E-state index in [0.717, 1.165) is 0 Å². The van der Waals surface area contributed by atoms with E-state index in [9.17, 15) is 18.0 Å². The number of ether oxygens (including phenoxy) is 2. The summed E-state index contributed by atoms with van der Waals surface area (Å²) >= 11 is 5.97. The zero-order valence-electron chi connectivity index (χ0n) is 13.2. The lowest BCUT2D eigenvalue weighted by Crippen LogP contribution is -2.17. The zero-order chi connectivity index (χ0) is 18.9. The monoisotopic (exact) mass is 385 g/mol. The van der Waals surface area contributed by atoms with Gasteiger partial charge in [0.2, 0.25) is 0 Å². The molecule has 0 fully saturated rings. The Balaban J connectivity index is 1.93. The lowest BCUT2D eigenvalue weighted by Gasteiger charge is -2.10. The van der Waals surface area contributed by atoms with Crippen LogP contribution in [-0.4, -0.2) is 34.4 Å². The van der Waals surface area contributed by atoms with Gasteiger partial charge in [-0.1, -0.05) is 28.9 Å². The van der Waals surface area contributed by atoms with Crippen LogP contribution in [0.1, 0.15) is 15.9 Å². The first-order chi connectivity index (χ1) is 12.3. The molecule has 0 saturated carbocycles. The minimum absolute atomic E-state index is 0.175. The van der Waals surface area contributed by atoms with Crippen molar-refractivity contribution >= 4 is 28.6 Å². The summed E-state index contributed by atoms with van der Waals surface area (Å²) in [6, 6.07) is 8.30. The number of hydrogen-bond donors (Lipinski definition) is 0. The highest BCUT2D eigenvalue weighted by molar-refractivity contribution is 6.31. The van der Waals surface area contributed by atoms with Gasteiger partial charge in [0.05, 0.1) is 19.2 Å². The maximum Gasteiger partial charge on any atom is 0.573 e. The molecule has 0 atom stereocenters. The second-order valence-electron chi connectivity index (χ2n) is 5.25. The van der Waals surface area contributed by atoms with Crippen LogP contribution in [0.3, 0.4) is 0 Å². The molecule has 0 unspecified atom stereocenters. The van der Waals surface area contributed by atoms with Crippen LogP contribution in [0.2, 0.25) is 5.02 Å². The molecule has 6 nitrogen and oxygen atoms in total. The molecule has 0 N–H and O–H groups in total. The van der Waals surface area contributed by atoms with E-state index in [0.29, 0.717) is 21.6 Å². The van der Waals surface area contributed by atoms with Crippen molar-refractivity contribution in [2.24, 2.45) is 0 Å². The van der Waals surface area contributed by atoms with Gasteiger partial charge in [0.1, 0.15) is 16.8 Å². The maximum absolute atomic E-state index is 12.2. The van der Waals surface area contributed by atoms with E-state index in [2.05, 4.69) is 15.0 Å². The van der Waals surface area contributed by atoms with Gasteiger partial charge in [-0.3, -0.25) is 0 Å². The molecule has 10 heteroatoms. The van der Waals surface area contributed by atoms with Crippen LogP contribution < -0.4 is 4.74 Å². The number of esters is 1. The van der Waals surface area contributed by atoms with Crippen molar-refractivity contribution in [3.05, 3.63) is 52.5 Å². The van der Waals surface area contributed by atoms with Gasteiger partial charge in [-0.2, -0.15) is 0 Å². The van der Waals surface area contributed by atoms with Gasteiger partial charge in [-0.05, 0) is 29.8 Å². The van der Waals surface area contributed by atoms with Gasteiger partial charge in [0, 0.05) is 5.02 Å². The molecule has 0 radical (unpaired) electrons. The van der Waals surface area contributed by atoms with E-state index < -0.39 is 12.3 Å². The highest BCUT2D eigenvalue weighted by atomic mass is 35.5. The number of rotatable bonds is 4. The average molecular weight is 386 g/mol. The van der Waals surface area contributed by atoms with E-state index in [4.69, 9.17) is 16.3 Å². The number of carbonyl (C=O) groups excluding carboxylic acids is 1. The summed E-state index contributed by atoms with van der Waals surface area (Å²) in [6.07, 6.45) is -4.75. The quantitative estimate of drug-likeness (QED) is 0.639. The van der Waals surface area contributed by atoms with Crippen molar-refractivity contribution in [2.45, 2.75) is 12.9 Å². The number of hydrogen-bond acceptors (Lipinski definition) is 5. The molecule has 1 aromatic heterocycles. The Morgan fingerprint density at radius 1 is 1.23 bits per heavy atom. The van der Waals surface area contributed by atoms with Crippen LogP contribution in [0, 0.1) is 0 Å². The van der Waals surface area contributed by atoms with Crippen LogP contribution >= 0.6 is 11.6 Å². The SMILES string of the molecule is COC(=O)c1cc(Cl)cc2nnn(Cc3ccc(OC(F)(F)F)cc3)c12. The fraction of sp³-hybridized carbons (Fsp3) is 0.188. The van der Waals surface area contributed by atoms with Crippen LogP contribution in [0.4, 0.5) is 13.2 Å². The number of methoxy groups -OCH3 is 1. The Morgan fingerprint density at radius 2 is 1.92 bits per heavy atom. The summed E-state index contributed by atoms with van der Waals surface area (Å²) in [4.78, 5) is 12.0. The van der Waals surface area contributed by atoms with Crippen molar-refractivity contribution in [1.29, 1.82) is 0 Å². The lowest BCUT2D eigenvalue weighted by atomic mass is 10.1. The third-order valence-electron chi connectivity index (χ3n) is 3.47. The molecule has 0 amide bonds. The third kappa shape index (κ3) is 3.88. The Kier molecular flexibility index (Phi) is 4.73. The molecule has 0 saturated heterocycles. The predicted octanol–water partition coefficient (Wildman–Crippen LogP) is 3.82. The number of benzene rings is 2. The molecular weight excluding hydrogens is 375 g/mol. The molecule has 1 heterocycles. The second-order valence-corrected chi connectivity index (χ2v) is 5.69. The number of nitrogens with zero attached hydrogens (tertiary/aromatic N) is 3. The highest BCUT2D eigenvalue weighted by Crippen LogP contribution is 2.25. The number of carbonyl (C=O) groups is 1. The summed E-state index contributed by atoms with van der Waals surface area (Å²) in [5.41, 5.74) is 1.64. The Labute approximate surface area is 150 Å². The van der Waals surface area contributed by atoms with Crippen molar-refractivity contribution in [3.63, 3.8) is 0 Å². The van der Waals surface area contributed by atoms with Crippen LogP contribution in [0.15, 0.2) is 36.4 Å². The third-order valence-corrected chi connectivity index (χ3v) is 3.69. The van der Waals surface area contributed by atoms with E-state index >= 15 is 0 Å².